The molecule has 0 atom stereocenters. The van der Waals surface area contributed by atoms with Crippen molar-refractivity contribution in [2.45, 2.75) is 44.6 Å². The fourth-order valence-corrected chi connectivity index (χ4v) is 5.32. The van der Waals surface area contributed by atoms with Gasteiger partial charge in [0.05, 0.1) is 12.2 Å². The van der Waals surface area contributed by atoms with Gasteiger partial charge in [-0.2, -0.15) is 5.10 Å². The van der Waals surface area contributed by atoms with Crippen molar-refractivity contribution in [2.24, 2.45) is 7.05 Å². The summed E-state index contributed by atoms with van der Waals surface area (Å²) in [5.74, 6) is 0.705. The maximum Gasteiger partial charge on any atom is 0.180 e. The van der Waals surface area contributed by atoms with Crippen LogP contribution in [0, 0.1) is 6.92 Å². The molecule has 4 aromatic rings. The summed E-state index contributed by atoms with van der Waals surface area (Å²) in [6, 6.07) is 20.4. The first-order valence-corrected chi connectivity index (χ1v) is 11.9. The van der Waals surface area contributed by atoms with Crippen LogP contribution in [0.2, 0.25) is 0 Å². The van der Waals surface area contributed by atoms with Crippen LogP contribution in [0.5, 0.6) is 0 Å². The summed E-state index contributed by atoms with van der Waals surface area (Å²) >= 11 is 0. The standard InChI is InChI=1S/C28H29N5/c1-20-4-6-22(7-5-20)28(14-3-15-28)23-8-10-24(11-9-23)33-17-12-21-18-29-27(30-26(21)19-33)25-13-16-32(2)31-25/h4-11,13,16,18H,3,12,14-15,17,19H2,1-2H3. The Bertz CT molecular complexity index is 1280. The highest BCUT2D eigenvalue weighted by Gasteiger charge is 2.40. The zero-order valence-electron chi connectivity index (χ0n) is 19.3. The first kappa shape index (κ1) is 20.2. The fourth-order valence-electron chi connectivity index (χ4n) is 5.32. The predicted octanol–water partition coefficient (Wildman–Crippen LogP) is 5.22. The van der Waals surface area contributed by atoms with E-state index in [0.717, 1.165) is 30.9 Å². The summed E-state index contributed by atoms with van der Waals surface area (Å²) in [6.45, 7) is 3.95. The van der Waals surface area contributed by atoms with Crippen LogP contribution in [-0.2, 0) is 25.4 Å². The highest BCUT2D eigenvalue weighted by molar-refractivity contribution is 5.54. The molecule has 166 valence electrons. The maximum atomic E-state index is 4.87. The zero-order valence-corrected chi connectivity index (χ0v) is 19.3. The highest BCUT2D eigenvalue weighted by Crippen LogP contribution is 2.49. The number of rotatable bonds is 4. The molecule has 33 heavy (non-hydrogen) atoms. The molecule has 2 aromatic carbocycles. The SMILES string of the molecule is Cc1ccc(C2(c3ccc(N4CCc5cnc(-c6ccn(C)n6)nc5C4)cc3)CCC2)cc1. The van der Waals surface area contributed by atoms with Gasteiger partial charge in [-0.25, -0.2) is 9.97 Å². The lowest BCUT2D eigenvalue weighted by molar-refractivity contribution is 0.301. The Kier molecular flexibility index (Phi) is 4.79. The first-order valence-electron chi connectivity index (χ1n) is 11.9. The van der Waals surface area contributed by atoms with Crippen molar-refractivity contribution in [3.8, 4) is 11.5 Å². The molecule has 3 heterocycles. The number of nitrogens with zero attached hydrogens (tertiary/aromatic N) is 5. The molecule has 1 fully saturated rings. The summed E-state index contributed by atoms with van der Waals surface area (Å²) in [5.41, 5.74) is 8.85. The minimum Gasteiger partial charge on any atom is -0.365 e. The number of hydrogen-bond donors (Lipinski definition) is 0. The van der Waals surface area contributed by atoms with Gasteiger partial charge in [-0.05, 0) is 61.1 Å². The van der Waals surface area contributed by atoms with E-state index in [1.54, 1.807) is 4.68 Å². The predicted molar refractivity (Wildman–Crippen MR) is 131 cm³/mol. The van der Waals surface area contributed by atoms with Gasteiger partial charge in [0.25, 0.3) is 0 Å². The molecule has 0 saturated heterocycles. The van der Waals surface area contributed by atoms with Crippen molar-refractivity contribution in [1.82, 2.24) is 19.7 Å². The third-order valence-corrected chi connectivity index (χ3v) is 7.48. The van der Waals surface area contributed by atoms with Gasteiger partial charge in [0.2, 0.25) is 0 Å². The number of aryl methyl sites for hydroxylation is 2. The van der Waals surface area contributed by atoms with E-state index in [1.807, 2.05) is 25.5 Å². The van der Waals surface area contributed by atoms with Crippen LogP contribution < -0.4 is 4.90 Å². The second-order valence-corrected chi connectivity index (χ2v) is 9.56. The largest absolute Gasteiger partial charge is 0.365 e. The van der Waals surface area contributed by atoms with Gasteiger partial charge in [0.1, 0.15) is 5.69 Å². The van der Waals surface area contributed by atoms with Gasteiger partial charge < -0.3 is 4.90 Å². The van der Waals surface area contributed by atoms with Crippen LogP contribution in [0.15, 0.2) is 67.0 Å². The summed E-state index contributed by atoms with van der Waals surface area (Å²) in [4.78, 5) is 11.9. The van der Waals surface area contributed by atoms with Crippen molar-refractivity contribution in [2.75, 3.05) is 11.4 Å². The molecule has 2 aliphatic rings. The molecule has 1 saturated carbocycles. The Morgan fingerprint density at radius 1 is 0.909 bits per heavy atom. The lowest BCUT2D eigenvalue weighted by Crippen LogP contribution is -2.35. The van der Waals surface area contributed by atoms with Gasteiger partial charge in [-0.15, -0.1) is 0 Å². The van der Waals surface area contributed by atoms with Crippen molar-refractivity contribution >= 4 is 5.69 Å². The molecule has 5 nitrogen and oxygen atoms in total. The lowest BCUT2D eigenvalue weighted by atomic mass is 9.60. The van der Waals surface area contributed by atoms with Crippen LogP contribution in [0.1, 0.15) is 47.2 Å². The quantitative estimate of drug-likeness (QED) is 0.441. The van der Waals surface area contributed by atoms with E-state index in [1.165, 1.54) is 47.2 Å². The smallest absolute Gasteiger partial charge is 0.180 e. The molecule has 0 amide bonds. The molecule has 6 rings (SSSR count). The molecule has 2 aromatic heterocycles. The van der Waals surface area contributed by atoms with Crippen LogP contribution in [0.3, 0.4) is 0 Å². The monoisotopic (exact) mass is 435 g/mol. The fraction of sp³-hybridized carbons (Fsp3) is 0.321. The summed E-state index contributed by atoms with van der Waals surface area (Å²) in [5, 5.41) is 4.46. The van der Waals surface area contributed by atoms with E-state index in [9.17, 15) is 0 Å². The second-order valence-electron chi connectivity index (χ2n) is 9.56. The summed E-state index contributed by atoms with van der Waals surface area (Å²) in [6.07, 6.45) is 8.65. The van der Waals surface area contributed by atoms with E-state index in [0.29, 0.717) is 5.82 Å². The third kappa shape index (κ3) is 3.52. The summed E-state index contributed by atoms with van der Waals surface area (Å²) in [7, 11) is 1.92. The average Bonchev–Trinajstić information content (AvgIpc) is 3.26. The molecule has 0 bridgehead atoms. The third-order valence-electron chi connectivity index (χ3n) is 7.48. The Labute approximate surface area is 195 Å². The van der Waals surface area contributed by atoms with E-state index >= 15 is 0 Å². The Hall–Kier alpha value is -3.47. The molecule has 1 aliphatic carbocycles. The van der Waals surface area contributed by atoms with Gasteiger partial charge in [0.15, 0.2) is 5.82 Å². The Balaban J connectivity index is 1.25. The van der Waals surface area contributed by atoms with Gasteiger partial charge in [-0.1, -0.05) is 48.4 Å². The second kappa shape index (κ2) is 7.84. The summed E-state index contributed by atoms with van der Waals surface area (Å²) < 4.78 is 1.79. The first-order chi connectivity index (χ1) is 16.1. The molecular weight excluding hydrogens is 406 g/mol. The normalized spacial score (nSPS) is 16.8. The number of hydrogen-bond acceptors (Lipinski definition) is 4. The van der Waals surface area contributed by atoms with E-state index in [2.05, 4.69) is 70.4 Å². The topological polar surface area (TPSA) is 46.8 Å². The van der Waals surface area contributed by atoms with Gasteiger partial charge in [0, 0.05) is 37.1 Å². The lowest BCUT2D eigenvalue weighted by Gasteiger charge is -2.43. The van der Waals surface area contributed by atoms with Crippen LogP contribution in [0.4, 0.5) is 5.69 Å². The Morgan fingerprint density at radius 3 is 2.27 bits per heavy atom. The van der Waals surface area contributed by atoms with Crippen molar-refractivity contribution in [1.29, 1.82) is 0 Å². The van der Waals surface area contributed by atoms with Crippen molar-refractivity contribution in [3.05, 3.63) is 94.9 Å². The van der Waals surface area contributed by atoms with Gasteiger partial charge in [-0.3, -0.25) is 4.68 Å². The molecule has 1 aliphatic heterocycles. The molecule has 0 spiro atoms. The highest BCUT2D eigenvalue weighted by atomic mass is 15.3. The molecule has 0 N–H and O–H groups in total. The van der Waals surface area contributed by atoms with E-state index < -0.39 is 0 Å². The minimum atomic E-state index is 0.186. The zero-order chi connectivity index (χ0) is 22.4. The number of benzene rings is 2. The number of fused-ring (bicyclic) bond motifs is 1. The van der Waals surface area contributed by atoms with Crippen LogP contribution >= 0.6 is 0 Å². The van der Waals surface area contributed by atoms with E-state index in [-0.39, 0.29) is 5.41 Å². The van der Waals surface area contributed by atoms with Crippen LogP contribution in [-0.4, -0.2) is 26.3 Å². The minimum absolute atomic E-state index is 0.186. The van der Waals surface area contributed by atoms with Crippen molar-refractivity contribution in [3.63, 3.8) is 0 Å². The Morgan fingerprint density at radius 2 is 1.64 bits per heavy atom. The van der Waals surface area contributed by atoms with Crippen molar-refractivity contribution < 1.29 is 0 Å². The molecule has 0 unspecified atom stereocenters. The van der Waals surface area contributed by atoms with Gasteiger partial charge >= 0.3 is 0 Å². The van der Waals surface area contributed by atoms with Crippen LogP contribution in [0.25, 0.3) is 11.5 Å². The molecule has 0 radical (unpaired) electrons. The maximum absolute atomic E-state index is 4.87. The number of anilines is 1. The number of aromatic nitrogens is 4. The average molecular weight is 436 g/mol. The molecular formula is C28H29N5. The van der Waals surface area contributed by atoms with E-state index in [4.69, 9.17) is 4.98 Å². The molecule has 5 heteroatoms.